The van der Waals surface area contributed by atoms with E-state index in [4.69, 9.17) is 4.42 Å². The van der Waals surface area contributed by atoms with Crippen LogP contribution in [0.2, 0.25) is 0 Å². The Kier molecular flexibility index (Phi) is 4.30. The maximum Gasteiger partial charge on any atom is 0.253 e. The van der Waals surface area contributed by atoms with Crippen LogP contribution in [0, 0.1) is 0 Å². The number of benzene rings is 1. The second kappa shape index (κ2) is 6.75. The average Bonchev–Trinajstić information content (AvgIpc) is 3.42. The summed E-state index contributed by atoms with van der Waals surface area (Å²) < 4.78 is 5.49. The number of likely N-dealkylation sites (tertiary alicyclic amines) is 2. The van der Waals surface area contributed by atoms with Crippen molar-refractivity contribution in [2.75, 3.05) is 26.2 Å². The van der Waals surface area contributed by atoms with Gasteiger partial charge < -0.3 is 14.2 Å². The zero-order valence-electron chi connectivity index (χ0n) is 14.2. The molecule has 0 spiro atoms. The third-order valence-electron chi connectivity index (χ3n) is 5.02. The number of nitrogens with zero attached hydrogens (tertiary/aromatic N) is 2. The van der Waals surface area contributed by atoms with Crippen molar-refractivity contribution >= 4 is 11.8 Å². The zero-order valence-corrected chi connectivity index (χ0v) is 14.2. The van der Waals surface area contributed by atoms with E-state index in [9.17, 15) is 9.59 Å². The molecule has 3 heterocycles. The molecule has 2 aromatic rings. The molecule has 5 nitrogen and oxygen atoms in total. The molecule has 2 saturated heterocycles. The van der Waals surface area contributed by atoms with Crippen molar-refractivity contribution in [1.29, 1.82) is 0 Å². The van der Waals surface area contributed by atoms with Gasteiger partial charge in [0.25, 0.3) is 11.8 Å². The van der Waals surface area contributed by atoms with E-state index < -0.39 is 0 Å². The molecule has 2 fully saturated rings. The Hall–Kier alpha value is -2.56. The van der Waals surface area contributed by atoms with E-state index in [1.165, 1.54) is 0 Å². The second-order valence-corrected chi connectivity index (χ2v) is 6.77. The fraction of sp³-hybridized carbons (Fsp3) is 0.400. The molecule has 5 heteroatoms. The van der Waals surface area contributed by atoms with E-state index in [1.54, 1.807) is 12.3 Å². The third-order valence-corrected chi connectivity index (χ3v) is 5.02. The Morgan fingerprint density at radius 1 is 0.800 bits per heavy atom. The normalized spacial score (nSPS) is 17.3. The van der Waals surface area contributed by atoms with Gasteiger partial charge in [-0.3, -0.25) is 9.59 Å². The largest absolute Gasteiger partial charge is 0.464 e. The first-order chi connectivity index (χ1) is 12.2. The van der Waals surface area contributed by atoms with Crippen molar-refractivity contribution < 1.29 is 14.0 Å². The zero-order chi connectivity index (χ0) is 17.2. The van der Waals surface area contributed by atoms with Crippen LogP contribution in [-0.4, -0.2) is 47.8 Å². The average molecular weight is 338 g/mol. The van der Waals surface area contributed by atoms with Gasteiger partial charge in [0.05, 0.1) is 6.26 Å². The van der Waals surface area contributed by atoms with Crippen LogP contribution in [0.5, 0.6) is 0 Å². The lowest BCUT2D eigenvalue weighted by atomic mass is 10.0. The lowest BCUT2D eigenvalue weighted by Gasteiger charge is -2.19. The van der Waals surface area contributed by atoms with Gasteiger partial charge in [-0.15, -0.1) is 0 Å². The van der Waals surface area contributed by atoms with Crippen molar-refractivity contribution in [1.82, 2.24) is 9.80 Å². The molecule has 130 valence electrons. The minimum atomic E-state index is 0.00128. The Morgan fingerprint density at radius 3 is 1.76 bits per heavy atom. The molecule has 1 aromatic heterocycles. The first-order valence-corrected chi connectivity index (χ1v) is 9.00. The van der Waals surface area contributed by atoms with Crippen molar-refractivity contribution in [2.45, 2.75) is 25.7 Å². The maximum absolute atomic E-state index is 12.8. The van der Waals surface area contributed by atoms with Gasteiger partial charge in [-0.1, -0.05) is 0 Å². The van der Waals surface area contributed by atoms with E-state index in [1.807, 2.05) is 34.1 Å². The summed E-state index contributed by atoms with van der Waals surface area (Å²) in [4.78, 5) is 29.4. The maximum atomic E-state index is 12.8. The topological polar surface area (TPSA) is 53.8 Å². The summed E-state index contributed by atoms with van der Waals surface area (Å²) in [6.45, 7) is 3.16. The minimum Gasteiger partial charge on any atom is -0.464 e. The molecular weight excluding hydrogens is 316 g/mol. The first kappa shape index (κ1) is 15.9. The molecule has 25 heavy (non-hydrogen) atoms. The summed E-state index contributed by atoms with van der Waals surface area (Å²) in [6, 6.07) is 9.07. The van der Waals surface area contributed by atoms with Crippen LogP contribution in [0.15, 0.2) is 41.0 Å². The molecular formula is C20H22N2O3. The van der Waals surface area contributed by atoms with Gasteiger partial charge in [-0.05, 0) is 56.0 Å². The highest BCUT2D eigenvalue weighted by Gasteiger charge is 2.24. The van der Waals surface area contributed by atoms with Gasteiger partial charge >= 0.3 is 0 Å². The molecule has 0 radical (unpaired) electrons. The summed E-state index contributed by atoms with van der Waals surface area (Å²) in [7, 11) is 0. The summed E-state index contributed by atoms with van der Waals surface area (Å²) in [6.07, 6.45) is 5.78. The van der Waals surface area contributed by atoms with Crippen LogP contribution in [-0.2, 0) is 0 Å². The number of carbonyl (C=O) groups excluding carboxylic acids is 2. The fourth-order valence-corrected chi connectivity index (χ4v) is 3.67. The fourth-order valence-electron chi connectivity index (χ4n) is 3.67. The molecule has 0 N–H and O–H groups in total. The first-order valence-electron chi connectivity index (χ1n) is 9.00. The summed E-state index contributed by atoms with van der Waals surface area (Å²) in [5.41, 5.74) is 1.91. The summed E-state index contributed by atoms with van der Waals surface area (Å²) in [5.74, 6) is 0.675. The third kappa shape index (κ3) is 3.18. The lowest BCUT2D eigenvalue weighted by molar-refractivity contribution is 0.0791. The highest BCUT2D eigenvalue weighted by molar-refractivity contribution is 6.01. The van der Waals surface area contributed by atoms with Gasteiger partial charge in [-0.2, -0.15) is 0 Å². The number of hydrogen-bond acceptors (Lipinski definition) is 3. The molecule has 0 aliphatic carbocycles. The Morgan fingerprint density at radius 2 is 1.32 bits per heavy atom. The van der Waals surface area contributed by atoms with Crippen LogP contribution in [0.4, 0.5) is 0 Å². The van der Waals surface area contributed by atoms with Crippen molar-refractivity contribution in [3.63, 3.8) is 0 Å². The SMILES string of the molecule is O=C(c1cc(C(=O)N2CCCC2)cc(-c2ccco2)c1)N1CCCC1. The molecule has 2 aliphatic rings. The summed E-state index contributed by atoms with van der Waals surface area (Å²) >= 11 is 0. The van der Waals surface area contributed by atoms with E-state index >= 15 is 0 Å². The van der Waals surface area contributed by atoms with Crippen LogP contribution in [0.3, 0.4) is 0 Å². The summed E-state index contributed by atoms with van der Waals surface area (Å²) in [5, 5.41) is 0. The second-order valence-electron chi connectivity index (χ2n) is 6.77. The number of amides is 2. The molecule has 2 amide bonds. The molecule has 0 unspecified atom stereocenters. The number of carbonyl (C=O) groups is 2. The van der Waals surface area contributed by atoms with Gasteiger partial charge in [0.2, 0.25) is 0 Å². The van der Waals surface area contributed by atoms with Crippen LogP contribution in [0.1, 0.15) is 46.4 Å². The van der Waals surface area contributed by atoms with E-state index in [-0.39, 0.29) is 11.8 Å². The van der Waals surface area contributed by atoms with Crippen molar-refractivity contribution in [2.24, 2.45) is 0 Å². The Balaban J connectivity index is 1.72. The van der Waals surface area contributed by atoms with Crippen LogP contribution in [0.25, 0.3) is 11.3 Å². The quantitative estimate of drug-likeness (QED) is 0.862. The predicted molar refractivity (Wildman–Crippen MR) is 94.4 cm³/mol. The number of rotatable bonds is 3. The standard InChI is InChI=1S/C20H22N2O3/c23-19(21-7-1-2-8-21)16-12-15(18-6-5-11-25-18)13-17(14-16)20(24)22-9-3-4-10-22/h5-6,11-14H,1-4,7-10H2. The monoisotopic (exact) mass is 338 g/mol. The van der Waals surface area contributed by atoms with Gasteiger partial charge in [-0.25, -0.2) is 0 Å². The van der Waals surface area contributed by atoms with E-state index in [0.717, 1.165) is 57.4 Å². The minimum absolute atomic E-state index is 0.00128. The highest BCUT2D eigenvalue weighted by Crippen LogP contribution is 2.26. The van der Waals surface area contributed by atoms with E-state index in [0.29, 0.717) is 16.9 Å². The van der Waals surface area contributed by atoms with Gasteiger partial charge in [0.15, 0.2) is 0 Å². The molecule has 4 rings (SSSR count). The Bertz CT molecular complexity index is 724. The molecule has 1 aromatic carbocycles. The predicted octanol–water partition coefficient (Wildman–Crippen LogP) is 3.42. The highest BCUT2D eigenvalue weighted by atomic mass is 16.3. The Labute approximate surface area is 147 Å². The van der Waals surface area contributed by atoms with Crippen molar-refractivity contribution in [3.05, 3.63) is 47.7 Å². The van der Waals surface area contributed by atoms with Crippen molar-refractivity contribution in [3.8, 4) is 11.3 Å². The van der Waals surface area contributed by atoms with Gasteiger partial charge in [0.1, 0.15) is 5.76 Å². The number of furan rings is 1. The van der Waals surface area contributed by atoms with Gasteiger partial charge in [0, 0.05) is 42.9 Å². The molecule has 2 aliphatic heterocycles. The van der Waals surface area contributed by atoms with Crippen LogP contribution >= 0.6 is 0 Å². The lowest BCUT2D eigenvalue weighted by Crippen LogP contribution is -2.29. The smallest absolute Gasteiger partial charge is 0.253 e. The molecule has 0 saturated carbocycles. The number of hydrogen-bond donors (Lipinski definition) is 0. The molecule has 0 atom stereocenters. The van der Waals surface area contributed by atoms with E-state index in [2.05, 4.69) is 0 Å². The molecule has 0 bridgehead atoms. The van der Waals surface area contributed by atoms with Crippen LogP contribution < -0.4 is 0 Å².